The van der Waals surface area contributed by atoms with Crippen molar-refractivity contribution in [3.63, 3.8) is 0 Å². The molecule has 162 valence electrons. The van der Waals surface area contributed by atoms with Gasteiger partial charge in [-0.3, -0.25) is 19.8 Å². The Kier molecular flexibility index (Phi) is 7.99. The van der Waals surface area contributed by atoms with E-state index in [0.717, 1.165) is 0 Å². The number of nitrogen functional groups attached to an aromatic ring is 1. The molecule has 1 aromatic rings. The molecule has 0 spiro atoms. The second-order valence-corrected chi connectivity index (χ2v) is 8.27. The zero-order valence-corrected chi connectivity index (χ0v) is 18.3. The summed E-state index contributed by atoms with van der Waals surface area (Å²) in [5.41, 5.74) is 6.31. The summed E-state index contributed by atoms with van der Waals surface area (Å²) in [6, 6.07) is 6.12. The zero-order chi connectivity index (χ0) is 22.4. The third-order valence-corrected chi connectivity index (χ3v) is 5.93. The monoisotopic (exact) mass is 433 g/mol. The van der Waals surface area contributed by atoms with Crippen LogP contribution in [0.2, 0.25) is 0 Å². The van der Waals surface area contributed by atoms with Gasteiger partial charge in [0.15, 0.2) is 5.17 Å². The number of hydrogen-bond donors (Lipinski definition) is 3. The summed E-state index contributed by atoms with van der Waals surface area (Å²) < 4.78 is 5.04. The predicted molar refractivity (Wildman–Crippen MR) is 117 cm³/mol. The van der Waals surface area contributed by atoms with Crippen molar-refractivity contribution in [2.45, 2.75) is 44.6 Å². The lowest BCUT2D eigenvalue weighted by Crippen LogP contribution is -2.41. The molecule has 0 saturated carbocycles. The Morgan fingerprint density at radius 1 is 1.27 bits per heavy atom. The number of aliphatic imine (C=N–C) groups is 1. The minimum atomic E-state index is -0.456. The van der Waals surface area contributed by atoms with Gasteiger partial charge in [0.1, 0.15) is 11.1 Å². The molecular weight excluding hydrogens is 406 g/mol. The molecule has 0 bridgehead atoms. The lowest BCUT2D eigenvalue weighted by atomic mass is 10.1. The van der Waals surface area contributed by atoms with Crippen molar-refractivity contribution in [3.8, 4) is 0 Å². The quantitative estimate of drug-likeness (QED) is 0.335. The van der Waals surface area contributed by atoms with E-state index in [1.165, 1.54) is 11.8 Å². The fraction of sp³-hybridized carbons (Fsp3) is 0.450. The number of amidine groups is 2. The highest BCUT2D eigenvalue weighted by molar-refractivity contribution is 8.15. The van der Waals surface area contributed by atoms with Gasteiger partial charge in [0.05, 0.1) is 12.5 Å². The molecule has 0 radical (unpaired) electrons. The lowest BCUT2D eigenvalue weighted by Gasteiger charge is -2.19. The molecule has 0 aliphatic carbocycles. The maximum atomic E-state index is 12.5. The van der Waals surface area contributed by atoms with Gasteiger partial charge in [-0.25, -0.2) is 0 Å². The first-order valence-corrected chi connectivity index (χ1v) is 10.4. The highest BCUT2D eigenvalue weighted by Gasteiger charge is 2.39. The number of carbonyl (C=O) groups excluding carboxylic acids is 3. The number of benzene rings is 1. The molecule has 10 heteroatoms. The van der Waals surface area contributed by atoms with Crippen molar-refractivity contribution in [3.05, 3.63) is 35.4 Å². The Morgan fingerprint density at radius 3 is 2.43 bits per heavy atom. The molecule has 1 aliphatic rings. The van der Waals surface area contributed by atoms with Gasteiger partial charge in [0, 0.05) is 30.8 Å². The molecule has 1 fully saturated rings. The van der Waals surface area contributed by atoms with E-state index in [1.807, 2.05) is 6.92 Å². The van der Waals surface area contributed by atoms with Crippen LogP contribution in [0, 0.1) is 5.41 Å². The number of amides is 2. The third kappa shape index (κ3) is 6.06. The fourth-order valence-corrected chi connectivity index (χ4v) is 3.97. The van der Waals surface area contributed by atoms with Crippen LogP contribution in [-0.4, -0.2) is 64.7 Å². The van der Waals surface area contributed by atoms with Crippen molar-refractivity contribution < 1.29 is 19.1 Å². The topological polar surface area (TPSA) is 138 Å². The van der Waals surface area contributed by atoms with E-state index in [4.69, 9.17) is 15.9 Å². The molecule has 2 rings (SSSR count). The third-order valence-electron chi connectivity index (χ3n) is 4.48. The molecule has 30 heavy (non-hydrogen) atoms. The van der Waals surface area contributed by atoms with Gasteiger partial charge in [0.25, 0.3) is 5.91 Å². The van der Waals surface area contributed by atoms with Crippen molar-refractivity contribution in [1.29, 1.82) is 5.41 Å². The average molecular weight is 434 g/mol. The number of nitrogens with zero attached hydrogens (tertiary/aromatic N) is 2. The maximum absolute atomic E-state index is 12.5. The van der Waals surface area contributed by atoms with Gasteiger partial charge in [-0.1, -0.05) is 23.9 Å². The molecule has 1 aromatic carbocycles. The smallest absolute Gasteiger partial charge is 0.307 e. The second kappa shape index (κ2) is 10.2. The zero-order valence-electron chi connectivity index (χ0n) is 17.5. The van der Waals surface area contributed by atoms with Crippen LogP contribution < -0.4 is 11.1 Å². The molecule has 9 nitrogen and oxygen atoms in total. The van der Waals surface area contributed by atoms with Crippen LogP contribution in [0.15, 0.2) is 29.3 Å². The first kappa shape index (κ1) is 23.4. The number of carbonyl (C=O) groups is 3. The van der Waals surface area contributed by atoms with Crippen molar-refractivity contribution >= 4 is 40.5 Å². The SMILES string of the molecule is CC(C)OC(=O)CCNC(=O)C1SC(=NC(=O)c2ccc(C(=N)N)cc2)N(C)C1C. The molecule has 2 unspecified atom stereocenters. The highest BCUT2D eigenvalue weighted by atomic mass is 32.2. The summed E-state index contributed by atoms with van der Waals surface area (Å²) in [5.74, 6) is -1.10. The van der Waals surface area contributed by atoms with E-state index >= 15 is 0 Å². The summed E-state index contributed by atoms with van der Waals surface area (Å²) in [6.07, 6.45) is -0.0939. The van der Waals surface area contributed by atoms with Gasteiger partial charge in [-0.15, -0.1) is 0 Å². The van der Waals surface area contributed by atoms with Crippen molar-refractivity contribution in [2.24, 2.45) is 10.7 Å². The van der Waals surface area contributed by atoms with E-state index in [0.29, 0.717) is 16.3 Å². The molecule has 1 heterocycles. The van der Waals surface area contributed by atoms with Gasteiger partial charge in [0.2, 0.25) is 5.91 Å². The van der Waals surface area contributed by atoms with E-state index in [9.17, 15) is 14.4 Å². The van der Waals surface area contributed by atoms with Crippen LogP contribution in [0.25, 0.3) is 0 Å². The highest BCUT2D eigenvalue weighted by Crippen LogP contribution is 2.31. The van der Waals surface area contributed by atoms with E-state index in [1.54, 1.807) is 50.1 Å². The summed E-state index contributed by atoms with van der Waals surface area (Å²) in [6.45, 7) is 5.59. The minimum absolute atomic E-state index is 0.0773. The van der Waals surface area contributed by atoms with Gasteiger partial charge < -0.3 is 20.7 Å². The van der Waals surface area contributed by atoms with Crippen LogP contribution in [-0.2, 0) is 14.3 Å². The van der Waals surface area contributed by atoms with Gasteiger partial charge in [-0.05, 0) is 32.9 Å². The lowest BCUT2D eigenvalue weighted by molar-refractivity contribution is -0.147. The summed E-state index contributed by atoms with van der Waals surface area (Å²) in [7, 11) is 1.77. The molecule has 4 N–H and O–H groups in total. The number of esters is 1. The number of nitrogens with one attached hydrogen (secondary N) is 2. The maximum Gasteiger partial charge on any atom is 0.307 e. The molecule has 2 amide bonds. The Morgan fingerprint density at radius 2 is 1.87 bits per heavy atom. The second-order valence-electron chi connectivity index (χ2n) is 7.16. The minimum Gasteiger partial charge on any atom is -0.463 e. The number of nitrogens with two attached hydrogens (primary N) is 1. The Hall–Kier alpha value is -2.88. The van der Waals surface area contributed by atoms with Crippen molar-refractivity contribution in [1.82, 2.24) is 10.2 Å². The summed E-state index contributed by atoms with van der Waals surface area (Å²) >= 11 is 1.21. The van der Waals surface area contributed by atoms with Crippen LogP contribution in [0.5, 0.6) is 0 Å². The first-order chi connectivity index (χ1) is 14.1. The van der Waals surface area contributed by atoms with Gasteiger partial charge >= 0.3 is 5.97 Å². The van der Waals surface area contributed by atoms with Crippen LogP contribution in [0.1, 0.15) is 43.1 Å². The average Bonchev–Trinajstić information content (AvgIpc) is 2.95. The summed E-state index contributed by atoms with van der Waals surface area (Å²) in [5, 5.41) is 10.1. The summed E-state index contributed by atoms with van der Waals surface area (Å²) in [4.78, 5) is 42.5. The van der Waals surface area contributed by atoms with E-state index in [2.05, 4.69) is 10.3 Å². The number of thioether (sulfide) groups is 1. The van der Waals surface area contributed by atoms with Crippen molar-refractivity contribution in [2.75, 3.05) is 13.6 Å². The molecular formula is C20H27N5O4S. The molecule has 1 saturated heterocycles. The Bertz CT molecular complexity index is 853. The van der Waals surface area contributed by atoms with E-state index < -0.39 is 11.2 Å². The largest absolute Gasteiger partial charge is 0.463 e. The van der Waals surface area contributed by atoms with Crippen LogP contribution >= 0.6 is 11.8 Å². The molecule has 2 atom stereocenters. The number of hydrogen-bond acceptors (Lipinski definition) is 6. The predicted octanol–water partition coefficient (Wildman–Crippen LogP) is 1.36. The van der Waals surface area contributed by atoms with Crippen LogP contribution in [0.4, 0.5) is 0 Å². The normalized spacial score (nSPS) is 19.8. The van der Waals surface area contributed by atoms with Crippen LogP contribution in [0.3, 0.4) is 0 Å². The standard InChI is InChI=1S/C20H27N5O4S/c1-11(2)29-15(26)9-10-23-19(28)16-12(3)25(4)20(30-16)24-18(27)14-7-5-13(6-8-14)17(21)22/h5-8,11-12,16H,9-10H2,1-4H3,(H3,21,22)(H,23,28). The van der Waals surface area contributed by atoms with Gasteiger partial charge in [-0.2, -0.15) is 4.99 Å². The number of rotatable bonds is 7. The van der Waals surface area contributed by atoms with E-state index in [-0.39, 0.29) is 42.8 Å². The Labute approximate surface area is 179 Å². The fourth-order valence-electron chi connectivity index (χ4n) is 2.70. The molecule has 1 aliphatic heterocycles. The first-order valence-electron chi connectivity index (χ1n) is 9.54. The Balaban J connectivity index is 1.98. The number of ether oxygens (including phenoxy) is 1. The molecule has 0 aromatic heterocycles.